The first-order chi connectivity index (χ1) is 31.2. The molecule has 5 nitrogen and oxygen atoms in total. The molecule has 1 aliphatic rings. The van der Waals surface area contributed by atoms with E-state index >= 15 is 0 Å². The van der Waals surface area contributed by atoms with Crippen LogP contribution in [0.15, 0.2) is 221 Å². The van der Waals surface area contributed by atoms with E-state index in [1.807, 2.05) is 84.9 Å². The molecule has 3 aromatic heterocycles. The van der Waals surface area contributed by atoms with Gasteiger partial charge in [-0.1, -0.05) is 164 Å². The molecule has 9 aromatic carbocycles. The largest absolute Gasteiger partial charge is 0.456 e. The molecule has 0 fully saturated rings. The van der Waals surface area contributed by atoms with Gasteiger partial charge in [-0.2, -0.15) is 0 Å². The van der Waals surface area contributed by atoms with Gasteiger partial charge in [0, 0.05) is 38.2 Å². The molecule has 294 valence electrons. The Morgan fingerprint density at radius 1 is 0.286 bits per heavy atom. The van der Waals surface area contributed by atoms with Crippen molar-refractivity contribution in [1.29, 1.82) is 0 Å². The summed E-state index contributed by atoms with van der Waals surface area (Å²) in [5.41, 5.74) is 15.3. The van der Waals surface area contributed by atoms with Crippen LogP contribution in [0, 0.1) is 0 Å². The number of furan rings is 2. The van der Waals surface area contributed by atoms with Crippen molar-refractivity contribution in [2.75, 3.05) is 0 Å². The molecule has 0 aliphatic heterocycles. The minimum atomic E-state index is -0.546. The van der Waals surface area contributed by atoms with Gasteiger partial charge in [0.1, 0.15) is 22.3 Å². The molecule has 0 N–H and O–H groups in total. The Morgan fingerprint density at radius 3 is 1.33 bits per heavy atom. The molecule has 0 saturated carbocycles. The summed E-state index contributed by atoms with van der Waals surface area (Å²) in [5, 5.41) is 4.28. The second kappa shape index (κ2) is 13.8. The van der Waals surface area contributed by atoms with Crippen LogP contribution in [0.25, 0.3) is 100 Å². The topological polar surface area (TPSA) is 65.0 Å². The highest BCUT2D eigenvalue weighted by Crippen LogP contribution is 2.56. The van der Waals surface area contributed by atoms with Crippen molar-refractivity contribution < 1.29 is 8.83 Å². The Hall–Kier alpha value is -8.41. The number of hydrogen-bond acceptors (Lipinski definition) is 5. The molecule has 0 atom stereocenters. The third-order valence-electron chi connectivity index (χ3n) is 12.8. The van der Waals surface area contributed by atoms with E-state index in [2.05, 4.69) is 127 Å². The second-order valence-corrected chi connectivity index (χ2v) is 16.3. The molecule has 63 heavy (non-hydrogen) atoms. The number of rotatable bonds is 6. The monoisotopic (exact) mass is 805 g/mol. The van der Waals surface area contributed by atoms with E-state index in [-0.39, 0.29) is 0 Å². The van der Waals surface area contributed by atoms with Crippen LogP contribution in [0.4, 0.5) is 0 Å². The highest BCUT2D eigenvalue weighted by atomic mass is 16.3. The predicted octanol–water partition coefficient (Wildman–Crippen LogP) is 14.7. The third-order valence-corrected chi connectivity index (χ3v) is 12.8. The highest BCUT2D eigenvalue weighted by Gasteiger charge is 2.46. The number of benzene rings is 9. The van der Waals surface area contributed by atoms with E-state index in [0.29, 0.717) is 17.5 Å². The molecule has 0 saturated heterocycles. The summed E-state index contributed by atoms with van der Waals surface area (Å²) < 4.78 is 12.7. The van der Waals surface area contributed by atoms with E-state index < -0.39 is 5.41 Å². The zero-order valence-corrected chi connectivity index (χ0v) is 33.9. The summed E-state index contributed by atoms with van der Waals surface area (Å²) in [5.74, 6) is 1.86. The molecular formula is C58H35N3O2. The summed E-state index contributed by atoms with van der Waals surface area (Å²) in [4.78, 5) is 14.9. The minimum Gasteiger partial charge on any atom is -0.456 e. The van der Waals surface area contributed by atoms with E-state index in [1.165, 1.54) is 33.4 Å². The molecule has 0 bridgehead atoms. The Morgan fingerprint density at radius 2 is 0.714 bits per heavy atom. The van der Waals surface area contributed by atoms with Crippen LogP contribution in [0.1, 0.15) is 22.3 Å². The van der Waals surface area contributed by atoms with Crippen molar-refractivity contribution in [3.63, 3.8) is 0 Å². The van der Waals surface area contributed by atoms with Gasteiger partial charge in [0.05, 0.1) is 5.41 Å². The Kier molecular flexibility index (Phi) is 7.75. The van der Waals surface area contributed by atoms with Gasteiger partial charge < -0.3 is 8.83 Å². The van der Waals surface area contributed by atoms with Crippen molar-refractivity contribution in [2.24, 2.45) is 0 Å². The van der Waals surface area contributed by atoms with Gasteiger partial charge in [0.25, 0.3) is 0 Å². The summed E-state index contributed by atoms with van der Waals surface area (Å²) >= 11 is 0. The lowest BCUT2D eigenvalue weighted by molar-refractivity contribution is 0.668. The molecule has 13 rings (SSSR count). The average molecular weight is 806 g/mol. The summed E-state index contributed by atoms with van der Waals surface area (Å²) in [7, 11) is 0. The molecule has 0 radical (unpaired) electrons. The maximum Gasteiger partial charge on any atom is 0.164 e. The van der Waals surface area contributed by atoms with Crippen LogP contribution >= 0.6 is 0 Å². The first-order valence-corrected chi connectivity index (χ1v) is 21.2. The average Bonchev–Trinajstić information content (AvgIpc) is 4.02. The van der Waals surface area contributed by atoms with Gasteiger partial charge in [-0.25, -0.2) is 15.0 Å². The van der Waals surface area contributed by atoms with E-state index in [0.717, 1.165) is 71.7 Å². The fourth-order valence-electron chi connectivity index (χ4n) is 9.93. The van der Waals surface area contributed by atoms with Crippen molar-refractivity contribution >= 4 is 43.9 Å². The van der Waals surface area contributed by atoms with Gasteiger partial charge in [0.15, 0.2) is 17.5 Å². The second-order valence-electron chi connectivity index (χ2n) is 16.3. The molecule has 3 heterocycles. The Balaban J connectivity index is 0.937. The van der Waals surface area contributed by atoms with Crippen molar-refractivity contribution in [3.05, 3.63) is 235 Å². The highest BCUT2D eigenvalue weighted by molar-refractivity contribution is 6.08. The lowest BCUT2D eigenvalue weighted by atomic mass is 9.67. The molecule has 5 heteroatoms. The van der Waals surface area contributed by atoms with Gasteiger partial charge in [-0.3, -0.25) is 0 Å². The molecule has 0 unspecified atom stereocenters. The fraction of sp³-hybridized carbons (Fsp3) is 0.0172. The van der Waals surface area contributed by atoms with Crippen molar-refractivity contribution in [3.8, 4) is 56.4 Å². The number of para-hydroxylation sites is 1. The van der Waals surface area contributed by atoms with Crippen LogP contribution in [-0.2, 0) is 5.41 Å². The fourth-order valence-corrected chi connectivity index (χ4v) is 9.93. The van der Waals surface area contributed by atoms with Crippen molar-refractivity contribution in [2.45, 2.75) is 5.41 Å². The Labute approximate surface area is 362 Å². The maximum absolute atomic E-state index is 6.43. The Bertz CT molecular complexity index is 3630. The number of aromatic nitrogens is 3. The van der Waals surface area contributed by atoms with E-state index in [9.17, 15) is 0 Å². The lowest BCUT2D eigenvalue weighted by Gasteiger charge is -2.34. The summed E-state index contributed by atoms with van der Waals surface area (Å²) in [6.07, 6.45) is 0. The van der Waals surface area contributed by atoms with Crippen LogP contribution in [0.3, 0.4) is 0 Å². The van der Waals surface area contributed by atoms with Gasteiger partial charge in [0.2, 0.25) is 0 Å². The molecule has 12 aromatic rings. The first kappa shape index (κ1) is 35.4. The molecular weight excluding hydrogens is 771 g/mol. The molecule has 0 amide bonds. The lowest BCUT2D eigenvalue weighted by Crippen LogP contribution is -2.28. The SMILES string of the molecule is c1ccc(-c2nc(-c3ccccc3)nc(-c3ccc4oc5ccc(-c6ccc(C7(c8ccc9oc%10ccccc%10c9c8)c8ccccc8-c8ccccc87)cc6)cc5c4c3)n2)cc1. The van der Waals surface area contributed by atoms with Crippen LogP contribution < -0.4 is 0 Å². The summed E-state index contributed by atoms with van der Waals surface area (Å²) in [6.45, 7) is 0. The van der Waals surface area contributed by atoms with Crippen LogP contribution in [0.2, 0.25) is 0 Å². The molecule has 1 aliphatic carbocycles. The zero-order chi connectivity index (χ0) is 41.5. The van der Waals surface area contributed by atoms with Gasteiger partial charge in [-0.15, -0.1) is 0 Å². The maximum atomic E-state index is 6.43. The minimum absolute atomic E-state index is 0.546. The third kappa shape index (κ3) is 5.46. The predicted molar refractivity (Wildman–Crippen MR) is 253 cm³/mol. The van der Waals surface area contributed by atoms with Crippen LogP contribution in [0.5, 0.6) is 0 Å². The standard InChI is InChI=1S/C58H35N3O2/c1-3-13-37(14-4-1)55-59-56(38-15-5-2-6-16-38)61-57(60-55)40-26-31-53-47(34-40)46-33-39(25-30-52(46)63-53)36-23-27-41(28-24-36)58(49-20-10-7-17-43(49)44-18-8-11-21-50(44)58)42-29-32-54-48(35-42)45-19-9-12-22-51(45)62-54/h1-35H. The smallest absolute Gasteiger partial charge is 0.164 e. The molecule has 0 spiro atoms. The van der Waals surface area contributed by atoms with Crippen molar-refractivity contribution in [1.82, 2.24) is 15.0 Å². The van der Waals surface area contributed by atoms with E-state index in [1.54, 1.807) is 0 Å². The number of fused-ring (bicyclic) bond motifs is 9. The van der Waals surface area contributed by atoms with Gasteiger partial charge in [-0.05, 0) is 93.0 Å². The normalized spacial score (nSPS) is 12.9. The van der Waals surface area contributed by atoms with Gasteiger partial charge >= 0.3 is 0 Å². The first-order valence-electron chi connectivity index (χ1n) is 21.2. The number of hydrogen-bond donors (Lipinski definition) is 0. The summed E-state index contributed by atoms with van der Waals surface area (Å²) in [6, 6.07) is 74.8. The zero-order valence-electron chi connectivity index (χ0n) is 33.9. The van der Waals surface area contributed by atoms with E-state index in [4.69, 9.17) is 23.8 Å². The quantitative estimate of drug-likeness (QED) is 0.167. The number of nitrogens with zero attached hydrogens (tertiary/aromatic N) is 3. The van der Waals surface area contributed by atoms with Crippen LogP contribution in [-0.4, -0.2) is 15.0 Å².